The van der Waals surface area contributed by atoms with Gasteiger partial charge in [0.05, 0.1) is 5.69 Å². The molecule has 1 aromatic carbocycles. The van der Waals surface area contributed by atoms with Crippen LogP contribution in [0.5, 0.6) is 0 Å². The third-order valence-electron chi connectivity index (χ3n) is 2.37. The molecule has 0 amide bonds. The smallest absolute Gasteiger partial charge is 0.341 e. The van der Waals surface area contributed by atoms with Gasteiger partial charge in [0, 0.05) is 18.8 Å². The quantitative estimate of drug-likeness (QED) is 0.871. The predicted octanol–water partition coefficient (Wildman–Crippen LogP) is 2.06. The summed E-state index contributed by atoms with van der Waals surface area (Å²) < 4.78 is 28.3. The Labute approximate surface area is 95.1 Å². The molecule has 0 aliphatic heterocycles. The van der Waals surface area contributed by atoms with E-state index in [0.29, 0.717) is 5.69 Å². The molecule has 0 saturated heterocycles. The zero-order valence-electron chi connectivity index (χ0n) is 8.82. The van der Waals surface area contributed by atoms with Gasteiger partial charge < -0.3 is 5.11 Å². The van der Waals surface area contributed by atoms with E-state index in [2.05, 4.69) is 5.10 Å². The van der Waals surface area contributed by atoms with Crippen molar-refractivity contribution < 1.29 is 18.7 Å². The molecule has 0 saturated carbocycles. The highest BCUT2D eigenvalue weighted by Crippen LogP contribution is 2.23. The molecule has 1 N–H and O–H groups in total. The molecule has 0 bridgehead atoms. The lowest BCUT2D eigenvalue weighted by Crippen LogP contribution is -2.05. The van der Waals surface area contributed by atoms with Crippen LogP contribution < -0.4 is 0 Å². The van der Waals surface area contributed by atoms with E-state index < -0.39 is 23.2 Å². The Hall–Kier alpha value is -2.24. The topological polar surface area (TPSA) is 55.1 Å². The number of carboxylic acid groups (broad SMARTS) is 1. The number of benzene rings is 1. The van der Waals surface area contributed by atoms with Crippen LogP contribution in [0.2, 0.25) is 0 Å². The molecule has 0 spiro atoms. The van der Waals surface area contributed by atoms with Gasteiger partial charge in [0.2, 0.25) is 0 Å². The number of halogens is 2. The van der Waals surface area contributed by atoms with Gasteiger partial charge in [0.25, 0.3) is 0 Å². The first kappa shape index (κ1) is 11.3. The first-order valence-electron chi connectivity index (χ1n) is 4.71. The third kappa shape index (κ3) is 1.89. The fraction of sp³-hybridized carbons (Fsp3) is 0.0909. The third-order valence-corrected chi connectivity index (χ3v) is 2.37. The maximum Gasteiger partial charge on any atom is 0.341 e. The van der Waals surface area contributed by atoms with Crippen LogP contribution in [-0.4, -0.2) is 20.9 Å². The number of hydrogen-bond donors (Lipinski definition) is 1. The Balaban J connectivity index is 2.61. The summed E-state index contributed by atoms with van der Waals surface area (Å²) in [5.74, 6) is -3.83. The first-order valence-corrected chi connectivity index (χ1v) is 4.71. The summed E-state index contributed by atoms with van der Waals surface area (Å²) in [5, 5.41) is 12.5. The Morgan fingerprint density at radius 3 is 2.35 bits per heavy atom. The molecule has 4 nitrogen and oxygen atoms in total. The monoisotopic (exact) mass is 238 g/mol. The van der Waals surface area contributed by atoms with Crippen LogP contribution in [0.3, 0.4) is 0 Å². The number of aromatic carboxylic acids is 1. The molecule has 1 heterocycles. The van der Waals surface area contributed by atoms with E-state index in [0.717, 1.165) is 12.1 Å². The molecule has 0 atom stereocenters. The number of carbonyl (C=O) groups is 1. The minimum atomic E-state index is -1.63. The zero-order valence-corrected chi connectivity index (χ0v) is 8.82. The van der Waals surface area contributed by atoms with Crippen molar-refractivity contribution in [2.75, 3.05) is 0 Å². The van der Waals surface area contributed by atoms with Crippen molar-refractivity contribution in [3.63, 3.8) is 0 Å². The molecule has 88 valence electrons. The van der Waals surface area contributed by atoms with Crippen LogP contribution in [-0.2, 0) is 7.05 Å². The number of hydrogen-bond acceptors (Lipinski definition) is 2. The van der Waals surface area contributed by atoms with Crippen LogP contribution in [0, 0.1) is 11.6 Å². The maximum atomic E-state index is 13.4. The lowest BCUT2D eigenvalue weighted by atomic mass is 10.1. The number of aryl methyl sites for hydroxylation is 1. The van der Waals surface area contributed by atoms with Crippen molar-refractivity contribution in [3.05, 3.63) is 41.6 Å². The van der Waals surface area contributed by atoms with Crippen LogP contribution in [0.4, 0.5) is 8.78 Å². The first-order chi connectivity index (χ1) is 8.00. The second kappa shape index (κ2) is 3.97. The lowest BCUT2D eigenvalue weighted by Gasteiger charge is -2.05. The number of aromatic nitrogens is 2. The second-order valence-corrected chi connectivity index (χ2v) is 3.46. The molecule has 0 aliphatic carbocycles. The Morgan fingerprint density at radius 2 is 1.94 bits per heavy atom. The van der Waals surface area contributed by atoms with E-state index in [1.54, 1.807) is 13.1 Å². The molecule has 2 aromatic rings. The van der Waals surface area contributed by atoms with Crippen molar-refractivity contribution in [2.24, 2.45) is 7.05 Å². The summed E-state index contributed by atoms with van der Waals surface area (Å²) in [6, 6.07) is 3.53. The second-order valence-electron chi connectivity index (χ2n) is 3.46. The van der Waals surface area contributed by atoms with E-state index in [1.807, 2.05) is 0 Å². The maximum absolute atomic E-state index is 13.4. The van der Waals surface area contributed by atoms with Gasteiger partial charge in [-0.15, -0.1) is 0 Å². The highest BCUT2D eigenvalue weighted by Gasteiger charge is 2.18. The van der Waals surface area contributed by atoms with Gasteiger partial charge in [0.15, 0.2) is 0 Å². The van der Waals surface area contributed by atoms with Gasteiger partial charge in [-0.05, 0) is 18.2 Å². The fourth-order valence-electron chi connectivity index (χ4n) is 1.58. The molecule has 0 unspecified atom stereocenters. The molecule has 17 heavy (non-hydrogen) atoms. The molecule has 0 radical (unpaired) electrons. The van der Waals surface area contributed by atoms with Crippen LogP contribution in [0.25, 0.3) is 11.3 Å². The largest absolute Gasteiger partial charge is 0.477 e. The Kier molecular flexibility index (Phi) is 2.63. The van der Waals surface area contributed by atoms with Crippen LogP contribution in [0.1, 0.15) is 10.4 Å². The molecular weight excluding hydrogens is 230 g/mol. The summed E-state index contributed by atoms with van der Waals surface area (Å²) in [4.78, 5) is 10.6. The summed E-state index contributed by atoms with van der Waals surface area (Å²) in [7, 11) is 1.62. The predicted molar refractivity (Wildman–Crippen MR) is 55.5 cm³/mol. The van der Waals surface area contributed by atoms with Gasteiger partial charge >= 0.3 is 5.97 Å². The van der Waals surface area contributed by atoms with Crippen LogP contribution >= 0.6 is 0 Å². The highest BCUT2D eigenvalue weighted by atomic mass is 19.1. The molecule has 6 heteroatoms. The fourth-order valence-corrected chi connectivity index (χ4v) is 1.58. The molecular formula is C11H8F2N2O2. The minimum Gasteiger partial charge on any atom is -0.477 e. The van der Waals surface area contributed by atoms with Gasteiger partial charge in [-0.2, -0.15) is 5.10 Å². The standard InChI is InChI=1S/C11H8F2N2O2/c1-15-9(2-3-14-15)6-4-7(12)10(11(16)17)8(13)5-6/h2-5H,1H3,(H,16,17). The van der Waals surface area contributed by atoms with Crippen molar-refractivity contribution in [2.45, 2.75) is 0 Å². The SMILES string of the molecule is Cn1nccc1-c1cc(F)c(C(=O)O)c(F)c1. The average Bonchev–Trinajstić information content (AvgIpc) is 2.62. The summed E-state index contributed by atoms with van der Waals surface area (Å²) in [5.41, 5.74) is -0.208. The molecule has 1 aromatic heterocycles. The number of carboxylic acids is 1. The Morgan fingerprint density at radius 1 is 1.35 bits per heavy atom. The van der Waals surface area contributed by atoms with Crippen molar-refractivity contribution in [1.82, 2.24) is 9.78 Å². The van der Waals surface area contributed by atoms with Crippen molar-refractivity contribution in [1.29, 1.82) is 0 Å². The Bertz CT molecular complexity index is 570. The molecule has 0 aliphatic rings. The summed E-state index contributed by atoms with van der Waals surface area (Å²) in [6.45, 7) is 0. The number of nitrogens with zero attached hydrogens (tertiary/aromatic N) is 2. The van der Waals surface area contributed by atoms with Gasteiger partial charge in [0.1, 0.15) is 17.2 Å². The summed E-state index contributed by atoms with van der Waals surface area (Å²) in [6.07, 6.45) is 1.48. The normalized spacial score (nSPS) is 10.5. The summed E-state index contributed by atoms with van der Waals surface area (Å²) >= 11 is 0. The van der Waals surface area contributed by atoms with Gasteiger partial charge in [-0.1, -0.05) is 0 Å². The minimum absolute atomic E-state index is 0.241. The van der Waals surface area contributed by atoms with E-state index in [1.165, 1.54) is 10.9 Å². The molecule has 0 fully saturated rings. The van der Waals surface area contributed by atoms with Gasteiger partial charge in [-0.3, -0.25) is 4.68 Å². The van der Waals surface area contributed by atoms with Crippen molar-refractivity contribution in [3.8, 4) is 11.3 Å². The van der Waals surface area contributed by atoms with Crippen LogP contribution in [0.15, 0.2) is 24.4 Å². The van der Waals surface area contributed by atoms with E-state index in [9.17, 15) is 13.6 Å². The van der Waals surface area contributed by atoms with Gasteiger partial charge in [-0.25, -0.2) is 13.6 Å². The molecule has 2 rings (SSSR count). The van der Waals surface area contributed by atoms with E-state index in [-0.39, 0.29) is 5.56 Å². The highest BCUT2D eigenvalue weighted by molar-refractivity contribution is 5.89. The zero-order chi connectivity index (χ0) is 12.6. The van der Waals surface area contributed by atoms with E-state index >= 15 is 0 Å². The van der Waals surface area contributed by atoms with Crippen molar-refractivity contribution >= 4 is 5.97 Å². The van der Waals surface area contributed by atoms with E-state index in [4.69, 9.17) is 5.11 Å². The average molecular weight is 238 g/mol. The lowest BCUT2D eigenvalue weighted by molar-refractivity contribution is 0.0686. The number of rotatable bonds is 2.